The number of anilines is 1. The van der Waals surface area contributed by atoms with E-state index in [1.807, 2.05) is 53.4 Å². The van der Waals surface area contributed by atoms with Crippen LogP contribution in [0.4, 0.5) is 5.69 Å². The lowest BCUT2D eigenvalue weighted by atomic mass is 10.1. The molecule has 2 aromatic rings. The molecule has 2 atom stereocenters. The molecule has 2 aliphatic rings. The van der Waals surface area contributed by atoms with Gasteiger partial charge < -0.3 is 28.7 Å². The summed E-state index contributed by atoms with van der Waals surface area (Å²) in [6, 6.07) is 15.6. The molecule has 2 unspecified atom stereocenters. The van der Waals surface area contributed by atoms with Gasteiger partial charge in [0.25, 0.3) is 5.91 Å². The summed E-state index contributed by atoms with van der Waals surface area (Å²) in [6.45, 7) is 8.25. The fourth-order valence-electron chi connectivity index (χ4n) is 4.69. The third-order valence-corrected chi connectivity index (χ3v) is 8.30. The van der Waals surface area contributed by atoms with Crippen LogP contribution in [-0.4, -0.2) is 108 Å². The van der Waals surface area contributed by atoms with E-state index < -0.39 is 12.1 Å². The lowest BCUT2D eigenvalue weighted by molar-refractivity contribution is -0.152. The number of para-hydroxylation sites is 1. The second kappa shape index (κ2) is 14.7. The summed E-state index contributed by atoms with van der Waals surface area (Å²) < 4.78 is 21.9. The highest BCUT2D eigenvalue weighted by Gasteiger charge is 2.39. The average Bonchev–Trinajstić information content (AvgIpc) is 3.08. The first kappa shape index (κ1) is 29.4. The zero-order valence-electron chi connectivity index (χ0n) is 23.0. The molecule has 10 heteroatoms. The van der Waals surface area contributed by atoms with E-state index in [4.69, 9.17) is 18.9 Å². The number of morpholine rings is 1. The first-order valence-electron chi connectivity index (χ1n) is 13.5. The average molecular weight is 558 g/mol. The van der Waals surface area contributed by atoms with E-state index >= 15 is 0 Å². The molecular weight excluding hydrogens is 518 g/mol. The number of fused-ring (bicyclic) bond motifs is 1. The Bertz CT molecular complexity index is 1080. The largest absolute Gasteiger partial charge is 0.497 e. The second-order valence-corrected chi connectivity index (χ2v) is 10.7. The highest BCUT2D eigenvalue weighted by molar-refractivity contribution is 7.99. The van der Waals surface area contributed by atoms with Crippen molar-refractivity contribution in [2.75, 3.05) is 84.8 Å². The van der Waals surface area contributed by atoms with Crippen LogP contribution >= 0.6 is 11.8 Å². The molecule has 2 heterocycles. The van der Waals surface area contributed by atoms with E-state index in [0.29, 0.717) is 13.1 Å². The molecule has 0 aliphatic carbocycles. The van der Waals surface area contributed by atoms with Gasteiger partial charge in [0, 0.05) is 44.2 Å². The first-order chi connectivity index (χ1) is 19.0. The molecule has 4 rings (SSSR count). The van der Waals surface area contributed by atoms with Crippen LogP contribution in [0.15, 0.2) is 53.4 Å². The van der Waals surface area contributed by atoms with Crippen LogP contribution in [-0.2, 0) is 23.8 Å². The zero-order chi connectivity index (χ0) is 27.6. The molecule has 1 fully saturated rings. The Morgan fingerprint density at radius 2 is 1.79 bits per heavy atom. The number of likely N-dealkylation sites (N-methyl/N-ethyl adjacent to an activating group) is 1. The van der Waals surface area contributed by atoms with E-state index in [9.17, 15) is 9.59 Å². The summed E-state index contributed by atoms with van der Waals surface area (Å²) >= 11 is 1.58. The van der Waals surface area contributed by atoms with E-state index in [1.165, 1.54) is 0 Å². The number of carbonyl (C=O) groups excluding carboxylic acids is 2. The molecule has 0 spiro atoms. The fraction of sp³-hybridized carbons (Fsp3) is 0.517. The number of carbonyl (C=O) groups is 2. The van der Waals surface area contributed by atoms with Crippen LogP contribution in [0, 0.1) is 0 Å². The van der Waals surface area contributed by atoms with Gasteiger partial charge in [-0.1, -0.05) is 24.3 Å². The lowest BCUT2D eigenvalue weighted by Crippen LogP contribution is -2.46. The van der Waals surface area contributed by atoms with Crippen molar-refractivity contribution < 1.29 is 28.5 Å². The number of ether oxygens (including phenoxy) is 4. The van der Waals surface area contributed by atoms with Gasteiger partial charge in [-0.25, -0.2) is 4.79 Å². The van der Waals surface area contributed by atoms with Crippen LogP contribution < -0.4 is 9.64 Å². The Balaban J connectivity index is 1.55. The molecule has 212 valence electrons. The van der Waals surface area contributed by atoms with Crippen molar-refractivity contribution in [3.8, 4) is 5.75 Å². The van der Waals surface area contributed by atoms with Gasteiger partial charge in [-0.3, -0.25) is 9.69 Å². The van der Waals surface area contributed by atoms with Crippen molar-refractivity contribution in [2.24, 2.45) is 0 Å². The third-order valence-electron chi connectivity index (χ3n) is 6.93. The van der Waals surface area contributed by atoms with Crippen LogP contribution in [0.2, 0.25) is 0 Å². The molecule has 39 heavy (non-hydrogen) atoms. The summed E-state index contributed by atoms with van der Waals surface area (Å²) in [6.07, 6.45) is -0.876. The third kappa shape index (κ3) is 7.95. The molecular formula is C29H39N3O6S. The number of hydrogen-bond donors (Lipinski definition) is 0. The normalized spacial score (nSPS) is 20.0. The summed E-state index contributed by atoms with van der Waals surface area (Å²) in [7, 11) is 3.70. The fourth-order valence-corrected chi connectivity index (χ4v) is 6.03. The minimum absolute atomic E-state index is 0.167. The van der Waals surface area contributed by atoms with Gasteiger partial charge in [-0.2, -0.15) is 0 Å². The van der Waals surface area contributed by atoms with Gasteiger partial charge in [-0.05, 0) is 43.8 Å². The predicted molar refractivity (Wildman–Crippen MR) is 152 cm³/mol. The minimum Gasteiger partial charge on any atom is -0.497 e. The van der Waals surface area contributed by atoms with E-state index in [1.54, 1.807) is 25.8 Å². The van der Waals surface area contributed by atoms with Crippen LogP contribution in [0.5, 0.6) is 5.75 Å². The Hall–Kier alpha value is -2.63. The summed E-state index contributed by atoms with van der Waals surface area (Å²) in [5.41, 5.74) is 1.78. The SMILES string of the molecule is CCOC(=O)COC1C(=O)N(CCN(C)CCN2CCOCC2)c2ccccc2SC1c1ccc(OC)cc1. The molecule has 2 aliphatic heterocycles. The number of nitrogens with zero attached hydrogens (tertiary/aromatic N) is 3. The number of methoxy groups -OCH3 is 1. The Morgan fingerprint density at radius 1 is 1.08 bits per heavy atom. The predicted octanol–water partition coefficient (Wildman–Crippen LogP) is 3.09. The van der Waals surface area contributed by atoms with Gasteiger partial charge in [0.2, 0.25) is 0 Å². The number of thioether (sulfide) groups is 1. The second-order valence-electron chi connectivity index (χ2n) is 9.56. The van der Waals surface area contributed by atoms with Crippen LogP contribution in [0.1, 0.15) is 17.7 Å². The molecule has 0 saturated carbocycles. The van der Waals surface area contributed by atoms with E-state index in [-0.39, 0.29) is 24.4 Å². The zero-order valence-corrected chi connectivity index (χ0v) is 23.9. The summed E-state index contributed by atoms with van der Waals surface area (Å²) in [5.74, 6) is 0.0777. The Kier molecular flexibility index (Phi) is 11.0. The molecule has 9 nitrogen and oxygen atoms in total. The van der Waals surface area contributed by atoms with Crippen molar-refractivity contribution >= 4 is 29.3 Å². The maximum Gasteiger partial charge on any atom is 0.332 e. The smallest absolute Gasteiger partial charge is 0.332 e. The van der Waals surface area contributed by atoms with Crippen LogP contribution in [0.25, 0.3) is 0 Å². The number of amides is 1. The topological polar surface area (TPSA) is 80.8 Å². The summed E-state index contributed by atoms with van der Waals surface area (Å²) in [5, 5.41) is -0.358. The number of esters is 1. The van der Waals surface area contributed by atoms with Gasteiger partial charge in [0.1, 0.15) is 12.4 Å². The first-order valence-corrected chi connectivity index (χ1v) is 14.3. The standard InChI is InChI=1S/C29H39N3O6S/c1-4-37-26(33)21-38-27-28(22-9-11-23(35-3)12-10-22)39-25-8-6-5-7-24(25)32(29(27)34)16-14-30(2)13-15-31-17-19-36-20-18-31/h5-12,27-28H,4,13-21H2,1-3H3. The lowest BCUT2D eigenvalue weighted by Gasteiger charge is -2.31. The quantitative estimate of drug-likeness (QED) is 0.366. The number of benzene rings is 2. The van der Waals surface area contributed by atoms with Crippen molar-refractivity contribution in [3.63, 3.8) is 0 Å². The van der Waals surface area contributed by atoms with Crippen molar-refractivity contribution in [3.05, 3.63) is 54.1 Å². The maximum atomic E-state index is 14.2. The maximum absolute atomic E-state index is 14.2. The van der Waals surface area contributed by atoms with Crippen molar-refractivity contribution in [2.45, 2.75) is 23.2 Å². The summed E-state index contributed by atoms with van der Waals surface area (Å²) in [4.78, 5) is 33.8. The van der Waals surface area contributed by atoms with E-state index in [2.05, 4.69) is 16.8 Å². The molecule has 1 saturated heterocycles. The Labute approximate surface area is 235 Å². The molecule has 2 aromatic carbocycles. The van der Waals surface area contributed by atoms with Crippen LogP contribution in [0.3, 0.4) is 0 Å². The number of rotatable bonds is 12. The molecule has 0 radical (unpaired) electrons. The van der Waals surface area contributed by atoms with E-state index in [0.717, 1.165) is 61.3 Å². The monoisotopic (exact) mass is 557 g/mol. The molecule has 0 bridgehead atoms. The molecule has 0 aromatic heterocycles. The number of hydrogen-bond acceptors (Lipinski definition) is 9. The van der Waals surface area contributed by atoms with Gasteiger partial charge in [0.15, 0.2) is 6.10 Å². The van der Waals surface area contributed by atoms with Gasteiger partial charge >= 0.3 is 5.97 Å². The Morgan fingerprint density at radius 3 is 2.51 bits per heavy atom. The van der Waals surface area contributed by atoms with Gasteiger partial charge in [-0.15, -0.1) is 11.8 Å². The van der Waals surface area contributed by atoms with Crippen molar-refractivity contribution in [1.82, 2.24) is 9.80 Å². The van der Waals surface area contributed by atoms with Gasteiger partial charge in [0.05, 0.1) is 37.9 Å². The highest BCUT2D eigenvalue weighted by Crippen LogP contribution is 2.46. The van der Waals surface area contributed by atoms with Crippen molar-refractivity contribution in [1.29, 1.82) is 0 Å². The minimum atomic E-state index is -0.876. The highest BCUT2D eigenvalue weighted by atomic mass is 32.2. The molecule has 1 amide bonds. The molecule has 0 N–H and O–H groups in total.